The van der Waals surface area contributed by atoms with Crippen LogP contribution in [0.4, 0.5) is 0 Å². The third-order valence-electron chi connectivity index (χ3n) is 4.63. The average molecular weight is 265 g/mol. The predicted molar refractivity (Wildman–Crippen MR) is 76.4 cm³/mol. The Kier molecular flexibility index (Phi) is 3.43. The summed E-state index contributed by atoms with van der Waals surface area (Å²) in [5, 5.41) is 7.05. The van der Waals surface area contributed by atoms with E-state index in [1.807, 2.05) is 11.3 Å². The van der Waals surface area contributed by atoms with Crippen LogP contribution in [-0.4, -0.2) is 43.6 Å². The van der Waals surface area contributed by atoms with Crippen LogP contribution in [0.5, 0.6) is 0 Å². The Hall–Kier alpha value is -0.450. The van der Waals surface area contributed by atoms with E-state index in [-0.39, 0.29) is 0 Å². The first-order chi connectivity index (χ1) is 8.73. The minimum atomic E-state index is 0.355. The van der Waals surface area contributed by atoms with Gasteiger partial charge in [0.1, 0.15) is 0 Å². The first-order valence-electron chi connectivity index (χ1n) is 7.02. The van der Waals surface area contributed by atoms with Gasteiger partial charge in [-0.25, -0.2) is 4.98 Å². The molecular weight excluding hydrogens is 242 g/mol. The fourth-order valence-corrected chi connectivity index (χ4v) is 4.39. The topological polar surface area (TPSA) is 28.2 Å². The zero-order valence-corrected chi connectivity index (χ0v) is 12.2. The van der Waals surface area contributed by atoms with Crippen molar-refractivity contribution in [2.24, 2.45) is 0 Å². The Bertz CT molecular complexity index is 411. The van der Waals surface area contributed by atoms with Crippen molar-refractivity contribution in [2.75, 3.05) is 33.7 Å². The van der Waals surface area contributed by atoms with Gasteiger partial charge in [0.15, 0.2) is 0 Å². The number of likely N-dealkylation sites (tertiary alicyclic amines) is 1. The molecule has 1 aliphatic heterocycles. The van der Waals surface area contributed by atoms with E-state index < -0.39 is 0 Å². The van der Waals surface area contributed by atoms with Gasteiger partial charge in [-0.05, 0) is 39.9 Å². The van der Waals surface area contributed by atoms with Crippen molar-refractivity contribution in [3.8, 4) is 0 Å². The smallest absolute Gasteiger partial charge is 0.0972 e. The maximum absolute atomic E-state index is 4.99. The van der Waals surface area contributed by atoms with E-state index in [9.17, 15) is 0 Å². The van der Waals surface area contributed by atoms with Gasteiger partial charge in [0.05, 0.1) is 10.7 Å². The van der Waals surface area contributed by atoms with Crippen LogP contribution in [0.15, 0.2) is 5.38 Å². The van der Waals surface area contributed by atoms with Gasteiger partial charge in [-0.2, -0.15) is 0 Å². The summed E-state index contributed by atoms with van der Waals surface area (Å²) in [4.78, 5) is 7.41. The summed E-state index contributed by atoms with van der Waals surface area (Å²) in [6.07, 6.45) is 5.26. The number of nitrogens with one attached hydrogen (secondary N) is 1. The zero-order valence-electron chi connectivity index (χ0n) is 11.4. The van der Waals surface area contributed by atoms with Crippen molar-refractivity contribution >= 4 is 11.3 Å². The molecule has 0 aromatic carbocycles. The molecule has 3 nitrogen and oxygen atoms in total. The molecule has 0 amide bonds. The summed E-state index contributed by atoms with van der Waals surface area (Å²) >= 11 is 1.89. The van der Waals surface area contributed by atoms with Gasteiger partial charge in [-0.1, -0.05) is 6.42 Å². The molecule has 1 aromatic heterocycles. The van der Waals surface area contributed by atoms with Gasteiger partial charge in [-0.15, -0.1) is 11.3 Å². The number of thiazole rings is 1. The summed E-state index contributed by atoms with van der Waals surface area (Å²) in [5.41, 5.74) is 1.71. The first-order valence-corrected chi connectivity index (χ1v) is 7.90. The molecule has 1 unspecified atom stereocenters. The molecule has 18 heavy (non-hydrogen) atoms. The highest BCUT2D eigenvalue weighted by Gasteiger charge is 2.40. The Morgan fingerprint density at radius 1 is 1.56 bits per heavy atom. The maximum atomic E-state index is 4.99. The monoisotopic (exact) mass is 265 g/mol. The van der Waals surface area contributed by atoms with Crippen LogP contribution in [0, 0.1) is 0 Å². The normalized spacial score (nSPS) is 27.3. The zero-order chi connectivity index (χ0) is 12.6. The minimum absolute atomic E-state index is 0.355. The van der Waals surface area contributed by atoms with Crippen LogP contribution in [0.1, 0.15) is 42.3 Å². The first kappa shape index (κ1) is 12.6. The molecule has 1 atom stereocenters. The van der Waals surface area contributed by atoms with Crippen LogP contribution in [0.25, 0.3) is 0 Å². The van der Waals surface area contributed by atoms with E-state index in [2.05, 4.69) is 29.7 Å². The third kappa shape index (κ3) is 2.10. The van der Waals surface area contributed by atoms with Crippen LogP contribution < -0.4 is 5.32 Å². The number of rotatable bonds is 4. The highest BCUT2D eigenvalue weighted by molar-refractivity contribution is 7.09. The summed E-state index contributed by atoms with van der Waals surface area (Å²) < 4.78 is 0. The van der Waals surface area contributed by atoms with E-state index in [4.69, 9.17) is 4.98 Å². The molecule has 1 aliphatic carbocycles. The van der Waals surface area contributed by atoms with Crippen molar-refractivity contribution in [2.45, 2.75) is 37.0 Å². The third-order valence-corrected chi connectivity index (χ3v) is 5.64. The summed E-state index contributed by atoms with van der Waals surface area (Å²) in [7, 11) is 4.27. The van der Waals surface area contributed by atoms with Crippen molar-refractivity contribution < 1.29 is 0 Å². The molecule has 0 bridgehead atoms. The number of hydrogen-bond donors (Lipinski definition) is 1. The van der Waals surface area contributed by atoms with Gasteiger partial charge in [-0.3, -0.25) is 0 Å². The van der Waals surface area contributed by atoms with Crippen molar-refractivity contribution in [3.05, 3.63) is 16.1 Å². The molecule has 1 saturated carbocycles. The lowest BCUT2D eigenvalue weighted by Gasteiger charge is -2.40. The highest BCUT2D eigenvalue weighted by atomic mass is 32.1. The lowest BCUT2D eigenvalue weighted by molar-refractivity contribution is 0.233. The summed E-state index contributed by atoms with van der Waals surface area (Å²) in [6.45, 7) is 3.49. The molecule has 3 rings (SSSR count). The molecular formula is C14H23N3S. The van der Waals surface area contributed by atoms with Gasteiger partial charge in [0.25, 0.3) is 0 Å². The SMILES string of the molecule is CNCC1(c2csc(C3CCN(C)C3)n2)CCC1. The standard InChI is InChI=1S/C14H23N3S/c1-15-10-14(5-3-6-14)12-9-18-13(16-12)11-4-7-17(2)8-11/h9,11,15H,3-8,10H2,1-2H3. The molecule has 0 radical (unpaired) electrons. The minimum Gasteiger partial charge on any atom is -0.319 e. The second-order valence-corrected chi connectivity index (χ2v) is 6.87. The van der Waals surface area contributed by atoms with Crippen LogP contribution >= 0.6 is 11.3 Å². The largest absolute Gasteiger partial charge is 0.319 e. The van der Waals surface area contributed by atoms with E-state index in [0.29, 0.717) is 11.3 Å². The van der Waals surface area contributed by atoms with E-state index >= 15 is 0 Å². The molecule has 2 fully saturated rings. The van der Waals surface area contributed by atoms with Gasteiger partial charge in [0, 0.05) is 29.8 Å². The van der Waals surface area contributed by atoms with E-state index in [1.165, 1.54) is 49.5 Å². The Labute approximate surface area is 114 Å². The molecule has 1 N–H and O–H groups in total. The summed E-state index contributed by atoms with van der Waals surface area (Å²) in [5.74, 6) is 0.681. The van der Waals surface area contributed by atoms with Crippen LogP contribution in [0.2, 0.25) is 0 Å². The van der Waals surface area contributed by atoms with Crippen LogP contribution in [-0.2, 0) is 5.41 Å². The second kappa shape index (κ2) is 4.91. The van der Waals surface area contributed by atoms with Crippen molar-refractivity contribution in [3.63, 3.8) is 0 Å². The number of aromatic nitrogens is 1. The predicted octanol–water partition coefficient (Wildman–Crippen LogP) is 2.20. The number of likely N-dealkylation sites (N-methyl/N-ethyl adjacent to an activating group) is 2. The second-order valence-electron chi connectivity index (χ2n) is 5.98. The maximum Gasteiger partial charge on any atom is 0.0972 e. The molecule has 2 aliphatic rings. The Morgan fingerprint density at radius 3 is 2.94 bits per heavy atom. The van der Waals surface area contributed by atoms with E-state index in [1.54, 1.807) is 0 Å². The fraction of sp³-hybridized carbons (Fsp3) is 0.786. The lowest BCUT2D eigenvalue weighted by atomic mass is 9.67. The molecule has 1 aromatic rings. The highest BCUT2D eigenvalue weighted by Crippen LogP contribution is 2.44. The molecule has 1 saturated heterocycles. The van der Waals surface area contributed by atoms with Crippen LogP contribution in [0.3, 0.4) is 0 Å². The number of hydrogen-bond acceptors (Lipinski definition) is 4. The number of nitrogens with zero attached hydrogens (tertiary/aromatic N) is 2. The van der Waals surface area contributed by atoms with Gasteiger partial charge in [0.2, 0.25) is 0 Å². The summed E-state index contributed by atoms with van der Waals surface area (Å²) in [6, 6.07) is 0. The molecule has 0 spiro atoms. The van der Waals surface area contributed by atoms with E-state index in [0.717, 1.165) is 6.54 Å². The molecule has 2 heterocycles. The van der Waals surface area contributed by atoms with Gasteiger partial charge >= 0.3 is 0 Å². The molecule has 4 heteroatoms. The lowest BCUT2D eigenvalue weighted by Crippen LogP contribution is -2.43. The van der Waals surface area contributed by atoms with Crippen molar-refractivity contribution in [1.82, 2.24) is 15.2 Å². The van der Waals surface area contributed by atoms with Gasteiger partial charge < -0.3 is 10.2 Å². The fourth-order valence-electron chi connectivity index (χ4n) is 3.32. The van der Waals surface area contributed by atoms with Crippen molar-refractivity contribution in [1.29, 1.82) is 0 Å². The average Bonchev–Trinajstić information content (AvgIpc) is 2.92. The molecule has 100 valence electrons. The quantitative estimate of drug-likeness (QED) is 0.904. The Balaban J connectivity index is 1.76. The Morgan fingerprint density at radius 2 is 2.39 bits per heavy atom.